The summed E-state index contributed by atoms with van der Waals surface area (Å²) in [4.78, 5) is 18.3. The maximum Gasteiger partial charge on any atom is 0.471 e. The molecule has 0 bridgehead atoms. The van der Waals surface area contributed by atoms with Crippen molar-refractivity contribution < 1.29 is 37.3 Å². The van der Waals surface area contributed by atoms with Crippen molar-refractivity contribution in [2.45, 2.75) is 44.1 Å². The zero-order valence-electron chi connectivity index (χ0n) is 22.6. The van der Waals surface area contributed by atoms with Crippen LogP contribution in [-0.2, 0) is 22.4 Å². The molecule has 2 aromatic rings. The van der Waals surface area contributed by atoms with Crippen LogP contribution in [0.25, 0.3) is 0 Å². The highest BCUT2D eigenvalue weighted by molar-refractivity contribution is 5.85. The van der Waals surface area contributed by atoms with Crippen molar-refractivity contribution in [2.24, 2.45) is 4.99 Å². The van der Waals surface area contributed by atoms with Gasteiger partial charge in [0, 0.05) is 36.9 Å². The molecule has 0 saturated carbocycles. The Balaban J connectivity index is 2.01. The summed E-state index contributed by atoms with van der Waals surface area (Å²) in [6.45, 7) is 3.47. The molecule has 0 aromatic heterocycles. The number of alkyl halides is 3. The summed E-state index contributed by atoms with van der Waals surface area (Å²) < 4.78 is 55.6. The molecule has 2 aromatic carbocycles. The predicted molar refractivity (Wildman–Crippen MR) is 142 cm³/mol. The van der Waals surface area contributed by atoms with E-state index in [2.05, 4.69) is 11.1 Å². The topological polar surface area (TPSA) is 116 Å². The Kier molecular flexibility index (Phi) is 10.8. The number of phenols is 1. The van der Waals surface area contributed by atoms with Gasteiger partial charge in [0.05, 0.1) is 45.6 Å². The van der Waals surface area contributed by atoms with Crippen molar-refractivity contribution >= 4 is 12.1 Å². The van der Waals surface area contributed by atoms with E-state index in [1.807, 2.05) is 10.2 Å². The highest BCUT2D eigenvalue weighted by atomic mass is 19.4. The quantitative estimate of drug-likeness (QED) is 0.404. The van der Waals surface area contributed by atoms with Crippen LogP contribution in [0.5, 0.6) is 17.2 Å². The molecule has 9 nitrogen and oxygen atoms in total. The fraction of sp³-hybridized carbons (Fsp3) is 0.464. The lowest BCUT2D eigenvalue weighted by molar-refractivity contribution is -0.173. The summed E-state index contributed by atoms with van der Waals surface area (Å²) in [7, 11) is 2.88. The molecule has 216 valence electrons. The molecular formula is C28H33F3N4O5. The molecule has 1 aliphatic rings. The van der Waals surface area contributed by atoms with Gasteiger partial charge in [-0.15, -0.1) is 0 Å². The number of nitriles is 1. The van der Waals surface area contributed by atoms with Crippen LogP contribution in [0, 0.1) is 18.3 Å². The van der Waals surface area contributed by atoms with Gasteiger partial charge >= 0.3 is 12.1 Å². The van der Waals surface area contributed by atoms with E-state index >= 15 is 0 Å². The molecule has 0 spiro atoms. The van der Waals surface area contributed by atoms with Crippen molar-refractivity contribution in [3.63, 3.8) is 0 Å². The molecule has 1 fully saturated rings. The van der Waals surface area contributed by atoms with Gasteiger partial charge in [0.2, 0.25) is 0 Å². The monoisotopic (exact) mass is 562 g/mol. The Hall–Kier alpha value is -3.82. The third kappa shape index (κ3) is 7.86. The van der Waals surface area contributed by atoms with Gasteiger partial charge in [-0.25, -0.2) is 0 Å². The second-order valence-electron chi connectivity index (χ2n) is 9.31. The molecule has 0 radical (unpaired) electrons. The zero-order chi connectivity index (χ0) is 29.3. The van der Waals surface area contributed by atoms with Gasteiger partial charge in [-0.1, -0.05) is 30.3 Å². The van der Waals surface area contributed by atoms with E-state index in [-0.39, 0.29) is 24.3 Å². The molecular weight excluding hydrogens is 529 g/mol. The van der Waals surface area contributed by atoms with Gasteiger partial charge in [-0.05, 0) is 25.0 Å². The van der Waals surface area contributed by atoms with E-state index in [9.17, 15) is 28.3 Å². The van der Waals surface area contributed by atoms with Crippen LogP contribution in [-0.4, -0.2) is 87.0 Å². The number of ether oxygens (including phenoxy) is 3. The predicted octanol–water partition coefficient (Wildman–Crippen LogP) is 3.21. The van der Waals surface area contributed by atoms with Crippen LogP contribution in [0.15, 0.2) is 41.4 Å². The summed E-state index contributed by atoms with van der Waals surface area (Å²) in [5, 5.41) is 22.7. The normalized spacial score (nSPS) is 16.6. The summed E-state index contributed by atoms with van der Waals surface area (Å²) in [6, 6.07) is 9.81. The van der Waals surface area contributed by atoms with Crippen molar-refractivity contribution in [3.05, 3.63) is 53.1 Å². The number of aliphatic imine (C=N–C) groups is 1. The highest BCUT2D eigenvalue weighted by Crippen LogP contribution is 2.40. The van der Waals surface area contributed by atoms with Crippen molar-refractivity contribution in [1.82, 2.24) is 10.2 Å². The van der Waals surface area contributed by atoms with Gasteiger partial charge in [-0.3, -0.25) is 14.7 Å². The maximum atomic E-state index is 13.1. The third-order valence-electron chi connectivity index (χ3n) is 6.62. The molecule has 1 aliphatic heterocycles. The second kappa shape index (κ2) is 14.0. The van der Waals surface area contributed by atoms with Gasteiger partial charge in [0.15, 0.2) is 11.5 Å². The van der Waals surface area contributed by atoms with Crippen molar-refractivity contribution in [2.75, 3.05) is 40.5 Å². The van der Waals surface area contributed by atoms with Gasteiger partial charge in [0.1, 0.15) is 11.8 Å². The van der Waals surface area contributed by atoms with Crippen LogP contribution in [0.2, 0.25) is 0 Å². The SMILES string of the molecule is COc1c(O)cc(C[C@H](N=C[C@H](Cc2ccccc2)NC(=O)C(F)(F)F)[C@@H](C#N)N2CCOCC2)c(OC)c1C. The van der Waals surface area contributed by atoms with Gasteiger partial charge in [-0.2, -0.15) is 18.4 Å². The van der Waals surface area contributed by atoms with Crippen LogP contribution in [0.1, 0.15) is 16.7 Å². The number of phenolic OH excluding ortho intramolecular Hbond substituents is 1. The Morgan fingerprint density at radius 1 is 1.20 bits per heavy atom. The number of benzene rings is 2. The lowest BCUT2D eigenvalue weighted by Gasteiger charge is -2.34. The first kappa shape index (κ1) is 30.7. The number of morpholine rings is 1. The number of halogens is 3. The summed E-state index contributed by atoms with van der Waals surface area (Å²) in [5.74, 6) is -1.54. The van der Waals surface area contributed by atoms with Crippen LogP contribution < -0.4 is 14.8 Å². The molecule has 0 unspecified atom stereocenters. The highest BCUT2D eigenvalue weighted by Gasteiger charge is 2.39. The first-order chi connectivity index (χ1) is 19.1. The largest absolute Gasteiger partial charge is 0.504 e. The van der Waals surface area contributed by atoms with Gasteiger partial charge in [0.25, 0.3) is 0 Å². The van der Waals surface area contributed by atoms with Crippen molar-refractivity contribution in [1.29, 1.82) is 5.26 Å². The maximum absolute atomic E-state index is 13.1. The fourth-order valence-corrected chi connectivity index (χ4v) is 4.74. The van der Waals surface area contributed by atoms with E-state index in [0.717, 1.165) is 0 Å². The number of nitrogens with zero attached hydrogens (tertiary/aromatic N) is 3. The minimum absolute atomic E-state index is 0.0550. The standard InChI is InChI=1S/C28H33F3N4O5/c1-18-25(38-2)20(15-24(36)26(18)39-3)14-22(23(16-32)35-9-11-40-12-10-35)33-17-21(34-27(37)28(29,30)31)13-19-7-5-4-6-8-19/h4-8,15,17,21-23,36H,9-14H2,1-3H3,(H,34,37)/t21-,22-,23+/m0/s1. The Morgan fingerprint density at radius 2 is 1.85 bits per heavy atom. The number of carbonyl (C=O) groups excluding carboxylic acids is 1. The first-order valence-corrected chi connectivity index (χ1v) is 12.7. The van der Waals surface area contributed by atoms with Gasteiger partial charge < -0.3 is 24.6 Å². The number of methoxy groups -OCH3 is 2. The molecule has 12 heteroatoms. The Morgan fingerprint density at radius 3 is 2.42 bits per heavy atom. The molecule has 1 amide bonds. The number of hydrogen-bond acceptors (Lipinski definition) is 8. The number of nitrogens with one attached hydrogen (secondary N) is 1. The third-order valence-corrected chi connectivity index (χ3v) is 6.62. The molecule has 3 rings (SSSR count). The Labute approximate surface area is 231 Å². The molecule has 1 heterocycles. The number of rotatable bonds is 11. The summed E-state index contributed by atoms with van der Waals surface area (Å²) in [6.07, 6.45) is -3.65. The number of hydrogen-bond donors (Lipinski definition) is 2. The zero-order valence-corrected chi connectivity index (χ0v) is 22.6. The van der Waals surface area contributed by atoms with E-state index in [1.165, 1.54) is 26.5 Å². The number of carbonyl (C=O) groups is 1. The van der Waals surface area contributed by atoms with E-state index in [0.29, 0.717) is 48.7 Å². The fourth-order valence-electron chi connectivity index (χ4n) is 4.74. The summed E-state index contributed by atoms with van der Waals surface area (Å²) in [5.41, 5.74) is 1.77. The lowest BCUT2D eigenvalue weighted by Crippen LogP contribution is -2.49. The van der Waals surface area contributed by atoms with E-state index in [1.54, 1.807) is 37.3 Å². The molecule has 3 atom stereocenters. The second-order valence-corrected chi connectivity index (χ2v) is 9.31. The smallest absolute Gasteiger partial charge is 0.471 e. The van der Waals surface area contributed by atoms with Crippen molar-refractivity contribution in [3.8, 4) is 23.3 Å². The van der Waals surface area contributed by atoms with E-state index in [4.69, 9.17) is 14.2 Å². The lowest BCUT2D eigenvalue weighted by atomic mass is 9.96. The van der Waals surface area contributed by atoms with E-state index < -0.39 is 30.2 Å². The minimum Gasteiger partial charge on any atom is -0.504 e. The number of amides is 1. The van der Waals surface area contributed by atoms with Crippen LogP contribution >= 0.6 is 0 Å². The minimum atomic E-state index is -5.07. The molecule has 0 aliphatic carbocycles. The molecule has 40 heavy (non-hydrogen) atoms. The summed E-state index contributed by atoms with van der Waals surface area (Å²) >= 11 is 0. The number of aromatic hydroxyl groups is 1. The molecule has 2 N–H and O–H groups in total. The average Bonchev–Trinajstić information content (AvgIpc) is 2.92. The first-order valence-electron chi connectivity index (χ1n) is 12.7. The van der Waals surface area contributed by atoms with Crippen LogP contribution in [0.3, 0.4) is 0 Å². The molecule has 1 saturated heterocycles. The average molecular weight is 563 g/mol. The van der Waals surface area contributed by atoms with Crippen LogP contribution in [0.4, 0.5) is 13.2 Å². The Bertz CT molecular complexity index is 1210.